The van der Waals surface area contributed by atoms with E-state index in [0.29, 0.717) is 0 Å². The molecule has 2 aliphatic heterocycles. The number of amides is 1. The Hall–Kier alpha value is -1.81. The Labute approximate surface area is 126 Å². The van der Waals surface area contributed by atoms with Crippen molar-refractivity contribution in [3.63, 3.8) is 0 Å². The highest BCUT2D eigenvalue weighted by Gasteiger charge is 2.18. The minimum atomic E-state index is 0.113. The van der Waals surface area contributed by atoms with Gasteiger partial charge in [-0.1, -0.05) is 13.0 Å². The van der Waals surface area contributed by atoms with Gasteiger partial charge in [-0.3, -0.25) is 4.79 Å². The number of likely N-dealkylation sites (N-methyl/N-ethyl adjacent to an activating group) is 1. The maximum atomic E-state index is 12.2. The summed E-state index contributed by atoms with van der Waals surface area (Å²) in [7, 11) is 0. The number of piperazine rings is 1. The lowest BCUT2D eigenvalue weighted by Crippen LogP contribution is -2.48. The molecule has 112 valence electrons. The second-order valence-corrected chi connectivity index (χ2v) is 5.56. The van der Waals surface area contributed by atoms with E-state index in [9.17, 15) is 4.79 Å². The van der Waals surface area contributed by atoms with Crippen LogP contribution in [-0.2, 0) is 11.2 Å². The Morgan fingerprint density at radius 1 is 1.29 bits per heavy atom. The number of ether oxygens (including phenoxy) is 1. The number of hydrogen-bond donors (Lipinski definition) is 0. The molecule has 1 fully saturated rings. The first-order valence-corrected chi connectivity index (χ1v) is 7.71. The minimum absolute atomic E-state index is 0.113. The highest BCUT2D eigenvalue weighted by molar-refractivity contribution is 5.91. The Morgan fingerprint density at radius 2 is 2.10 bits per heavy atom. The van der Waals surface area contributed by atoms with Gasteiger partial charge >= 0.3 is 0 Å². The van der Waals surface area contributed by atoms with Gasteiger partial charge < -0.3 is 14.5 Å². The standard InChI is InChI=1S/C17H22N2O2/c1-2-18-8-10-19(11-9-18)17(20)6-4-14-3-5-16-15(13-14)7-12-21-16/h3-6,13H,2,7-12H2,1H3. The topological polar surface area (TPSA) is 32.8 Å². The lowest BCUT2D eigenvalue weighted by atomic mass is 10.1. The third-order valence-corrected chi connectivity index (χ3v) is 4.26. The molecule has 2 aliphatic rings. The van der Waals surface area contributed by atoms with Crippen molar-refractivity contribution in [2.75, 3.05) is 39.3 Å². The van der Waals surface area contributed by atoms with Gasteiger partial charge in [0, 0.05) is 38.7 Å². The average Bonchev–Trinajstić information content (AvgIpc) is 3.00. The van der Waals surface area contributed by atoms with Crippen LogP contribution in [0.2, 0.25) is 0 Å². The van der Waals surface area contributed by atoms with Gasteiger partial charge in [-0.15, -0.1) is 0 Å². The molecule has 0 bridgehead atoms. The maximum absolute atomic E-state index is 12.2. The summed E-state index contributed by atoms with van der Waals surface area (Å²) in [5.41, 5.74) is 2.31. The molecule has 4 nitrogen and oxygen atoms in total. The molecular weight excluding hydrogens is 264 g/mol. The monoisotopic (exact) mass is 286 g/mol. The van der Waals surface area contributed by atoms with E-state index >= 15 is 0 Å². The summed E-state index contributed by atoms with van der Waals surface area (Å²) in [4.78, 5) is 16.5. The second-order valence-electron chi connectivity index (χ2n) is 5.56. The quantitative estimate of drug-likeness (QED) is 0.794. The molecule has 0 aromatic heterocycles. The van der Waals surface area contributed by atoms with Crippen molar-refractivity contribution < 1.29 is 9.53 Å². The maximum Gasteiger partial charge on any atom is 0.246 e. The summed E-state index contributed by atoms with van der Waals surface area (Å²) < 4.78 is 5.49. The van der Waals surface area contributed by atoms with E-state index in [4.69, 9.17) is 4.74 Å². The fraction of sp³-hybridized carbons (Fsp3) is 0.471. The van der Waals surface area contributed by atoms with Crippen LogP contribution in [0.15, 0.2) is 24.3 Å². The van der Waals surface area contributed by atoms with Crippen molar-refractivity contribution in [1.29, 1.82) is 0 Å². The molecule has 1 amide bonds. The summed E-state index contributed by atoms with van der Waals surface area (Å²) in [5.74, 6) is 1.09. The van der Waals surface area contributed by atoms with Gasteiger partial charge in [0.25, 0.3) is 0 Å². The third-order valence-electron chi connectivity index (χ3n) is 4.26. The van der Waals surface area contributed by atoms with Crippen LogP contribution in [-0.4, -0.2) is 55.0 Å². The third kappa shape index (κ3) is 3.27. The van der Waals surface area contributed by atoms with Gasteiger partial charge in [-0.25, -0.2) is 0 Å². The predicted octanol–water partition coefficient (Wildman–Crippen LogP) is 1.80. The second kappa shape index (κ2) is 6.31. The first-order valence-electron chi connectivity index (χ1n) is 7.71. The number of carbonyl (C=O) groups is 1. The van der Waals surface area contributed by atoms with E-state index in [0.717, 1.165) is 57.1 Å². The molecule has 4 heteroatoms. The summed E-state index contributed by atoms with van der Waals surface area (Å²) in [6.45, 7) is 7.61. The minimum Gasteiger partial charge on any atom is -0.493 e. The van der Waals surface area contributed by atoms with Crippen molar-refractivity contribution in [3.05, 3.63) is 35.4 Å². The molecule has 0 N–H and O–H groups in total. The van der Waals surface area contributed by atoms with Crippen molar-refractivity contribution in [1.82, 2.24) is 9.80 Å². The number of hydrogen-bond acceptors (Lipinski definition) is 3. The van der Waals surface area contributed by atoms with Crippen molar-refractivity contribution in [3.8, 4) is 5.75 Å². The summed E-state index contributed by atoms with van der Waals surface area (Å²) in [6, 6.07) is 6.11. The van der Waals surface area contributed by atoms with Crippen LogP contribution in [0.1, 0.15) is 18.1 Å². The molecule has 1 aromatic rings. The fourth-order valence-electron chi connectivity index (χ4n) is 2.87. The molecule has 1 saturated heterocycles. The highest BCUT2D eigenvalue weighted by Crippen LogP contribution is 2.26. The van der Waals surface area contributed by atoms with Gasteiger partial charge in [-0.05, 0) is 35.9 Å². The molecule has 0 saturated carbocycles. The SMILES string of the molecule is CCN1CCN(C(=O)C=Cc2ccc3c(c2)CCO3)CC1. The van der Waals surface area contributed by atoms with E-state index < -0.39 is 0 Å². The Bertz CT molecular complexity index is 546. The summed E-state index contributed by atoms with van der Waals surface area (Å²) in [5, 5.41) is 0. The number of benzene rings is 1. The van der Waals surface area contributed by atoms with Gasteiger partial charge in [0.2, 0.25) is 5.91 Å². The summed E-state index contributed by atoms with van der Waals surface area (Å²) >= 11 is 0. The molecule has 0 aliphatic carbocycles. The zero-order chi connectivity index (χ0) is 14.7. The number of nitrogens with zero attached hydrogens (tertiary/aromatic N) is 2. The van der Waals surface area contributed by atoms with Gasteiger partial charge in [-0.2, -0.15) is 0 Å². The van der Waals surface area contributed by atoms with Gasteiger partial charge in [0.1, 0.15) is 5.75 Å². The smallest absolute Gasteiger partial charge is 0.246 e. The van der Waals surface area contributed by atoms with E-state index in [1.54, 1.807) is 6.08 Å². The van der Waals surface area contributed by atoms with Crippen LogP contribution in [0, 0.1) is 0 Å². The first kappa shape index (κ1) is 14.1. The van der Waals surface area contributed by atoms with Crippen molar-refractivity contribution >= 4 is 12.0 Å². The predicted molar refractivity (Wildman–Crippen MR) is 83.4 cm³/mol. The molecule has 21 heavy (non-hydrogen) atoms. The first-order chi connectivity index (χ1) is 10.3. The Morgan fingerprint density at radius 3 is 2.86 bits per heavy atom. The Balaban J connectivity index is 1.59. The molecular formula is C17H22N2O2. The van der Waals surface area contributed by atoms with Crippen LogP contribution in [0.4, 0.5) is 0 Å². The Kier molecular flexibility index (Phi) is 4.25. The zero-order valence-electron chi connectivity index (χ0n) is 12.5. The largest absolute Gasteiger partial charge is 0.493 e. The molecule has 0 atom stereocenters. The van der Waals surface area contributed by atoms with Crippen molar-refractivity contribution in [2.45, 2.75) is 13.3 Å². The lowest BCUT2D eigenvalue weighted by Gasteiger charge is -2.33. The van der Waals surface area contributed by atoms with Crippen LogP contribution < -0.4 is 4.74 Å². The van der Waals surface area contributed by atoms with Crippen LogP contribution in [0.5, 0.6) is 5.75 Å². The fourth-order valence-corrected chi connectivity index (χ4v) is 2.87. The summed E-state index contributed by atoms with van der Waals surface area (Å²) in [6.07, 6.45) is 4.57. The lowest BCUT2D eigenvalue weighted by molar-refractivity contribution is -0.127. The molecule has 0 radical (unpaired) electrons. The van der Waals surface area contributed by atoms with E-state index in [1.165, 1.54) is 5.56 Å². The number of rotatable bonds is 3. The van der Waals surface area contributed by atoms with E-state index in [1.807, 2.05) is 23.1 Å². The van der Waals surface area contributed by atoms with Crippen molar-refractivity contribution in [2.24, 2.45) is 0 Å². The average molecular weight is 286 g/mol. The molecule has 0 unspecified atom stereocenters. The molecule has 0 spiro atoms. The molecule has 2 heterocycles. The van der Waals surface area contributed by atoms with Crippen LogP contribution in [0.25, 0.3) is 6.08 Å². The molecule has 3 rings (SSSR count). The van der Waals surface area contributed by atoms with Crippen LogP contribution in [0.3, 0.4) is 0 Å². The number of fused-ring (bicyclic) bond motifs is 1. The zero-order valence-corrected chi connectivity index (χ0v) is 12.5. The van der Waals surface area contributed by atoms with Gasteiger partial charge in [0.15, 0.2) is 0 Å². The van der Waals surface area contributed by atoms with Gasteiger partial charge in [0.05, 0.1) is 6.61 Å². The molecule has 1 aromatic carbocycles. The normalized spacial score (nSPS) is 18.8. The number of carbonyl (C=O) groups excluding carboxylic acids is 1. The highest BCUT2D eigenvalue weighted by atomic mass is 16.5. The van der Waals surface area contributed by atoms with E-state index in [-0.39, 0.29) is 5.91 Å². The van der Waals surface area contributed by atoms with E-state index in [2.05, 4.69) is 17.9 Å². The van der Waals surface area contributed by atoms with Crippen LogP contribution >= 0.6 is 0 Å².